The lowest BCUT2D eigenvalue weighted by Gasteiger charge is -2.14. The van der Waals surface area contributed by atoms with Crippen molar-refractivity contribution in [2.24, 2.45) is 0 Å². The van der Waals surface area contributed by atoms with Crippen LogP contribution in [0.15, 0.2) is 47.1 Å². The maximum atomic E-state index is 12.5. The van der Waals surface area contributed by atoms with Crippen molar-refractivity contribution < 1.29 is 23.4 Å². The molecule has 6 nitrogen and oxygen atoms in total. The smallest absolute Gasteiger partial charge is 0.231 e. The molecule has 2 aromatic carbocycles. The van der Waals surface area contributed by atoms with E-state index >= 15 is 0 Å². The first kappa shape index (κ1) is 16.3. The SMILES string of the molecule is COc1ccc2c(CC(=O)NC(C)c3ccc4c(c3)OCO4)coc2c1. The van der Waals surface area contributed by atoms with Gasteiger partial charge in [-0.2, -0.15) is 0 Å². The van der Waals surface area contributed by atoms with Crippen molar-refractivity contribution in [1.29, 1.82) is 0 Å². The molecule has 134 valence electrons. The van der Waals surface area contributed by atoms with Gasteiger partial charge >= 0.3 is 0 Å². The molecule has 1 aliphatic rings. The minimum Gasteiger partial charge on any atom is -0.497 e. The number of benzene rings is 2. The lowest BCUT2D eigenvalue weighted by atomic mass is 10.1. The molecule has 0 spiro atoms. The second-order valence-electron chi connectivity index (χ2n) is 6.20. The number of ether oxygens (including phenoxy) is 3. The van der Waals surface area contributed by atoms with Gasteiger partial charge in [-0.1, -0.05) is 6.07 Å². The Morgan fingerprint density at radius 3 is 2.88 bits per heavy atom. The third-order valence-corrected chi connectivity index (χ3v) is 4.49. The fourth-order valence-electron chi connectivity index (χ4n) is 3.06. The second kappa shape index (κ2) is 6.63. The Bertz CT molecular complexity index is 962. The monoisotopic (exact) mass is 353 g/mol. The fraction of sp³-hybridized carbons (Fsp3) is 0.250. The Balaban J connectivity index is 1.45. The first-order chi connectivity index (χ1) is 12.6. The van der Waals surface area contributed by atoms with Crippen LogP contribution in [0.3, 0.4) is 0 Å². The van der Waals surface area contributed by atoms with E-state index in [4.69, 9.17) is 18.6 Å². The summed E-state index contributed by atoms with van der Waals surface area (Å²) in [5.74, 6) is 2.08. The molecule has 2 heterocycles. The highest BCUT2D eigenvalue weighted by Crippen LogP contribution is 2.34. The fourth-order valence-corrected chi connectivity index (χ4v) is 3.06. The Kier molecular flexibility index (Phi) is 4.16. The van der Waals surface area contributed by atoms with Gasteiger partial charge in [0.2, 0.25) is 12.7 Å². The van der Waals surface area contributed by atoms with Gasteiger partial charge in [-0.25, -0.2) is 0 Å². The largest absolute Gasteiger partial charge is 0.497 e. The molecule has 0 fully saturated rings. The molecule has 4 rings (SSSR count). The van der Waals surface area contributed by atoms with E-state index in [0.29, 0.717) is 11.3 Å². The predicted octanol–water partition coefficient (Wildman–Crippen LogP) is 3.59. The molecule has 1 N–H and O–H groups in total. The summed E-state index contributed by atoms with van der Waals surface area (Å²) in [7, 11) is 1.61. The van der Waals surface area contributed by atoms with E-state index in [0.717, 1.165) is 28.0 Å². The van der Waals surface area contributed by atoms with Crippen molar-refractivity contribution in [1.82, 2.24) is 5.32 Å². The van der Waals surface area contributed by atoms with E-state index in [2.05, 4.69) is 5.32 Å². The lowest BCUT2D eigenvalue weighted by molar-refractivity contribution is -0.121. The van der Waals surface area contributed by atoms with E-state index < -0.39 is 0 Å². The van der Waals surface area contributed by atoms with Crippen LogP contribution in [0.2, 0.25) is 0 Å². The summed E-state index contributed by atoms with van der Waals surface area (Å²) in [6, 6.07) is 11.1. The summed E-state index contributed by atoms with van der Waals surface area (Å²) in [6.45, 7) is 2.17. The maximum Gasteiger partial charge on any atom is 0.231 e. The second-order valence-corrected chi connectivity index (χ2v) is 6.20. The molecule has 3 aromatic rings. The zero-order chi connectivity index (χ0) is 18.1. The minimum absolute atomic E-state index is 0.0753. The molecule has 1 aliphatic heterocycles. The van der Waals surface area contributed by atoms with Crippen LogP contribution in [0.1, 0.15) is 24.1 Å². The molecule has 1 amide bonds. The number of rotatable bonds is 5. The van der Waals surface area contributed by atoms with Gasteiger partial charge in [-0.15, -0.1) is 0 Å². The summed E-state index contributed by atoms with van der Waals surface area (Å²) in [5.41, 5.74) is 2.51. The van der Waals surface area contributed by atoms with Crippen molar-refractivity contribution in [3.05, 3.63) is 53.8 Å². The molecular weight excluding hydrogens is 334 g/mol. The van der Waals surface area contributed by atoms with Crippen LogP contribution in [0.25, 0.3) is 11.0 Å². The van der Waals surface area contributed by atoms with Crippen LogP contribution in [-0.4, -0.2) is 19.8 Å². The zero-order valence-electron chi connectivity index (χ0n) is 14.6. The van der Waals surface area contributed by atoms with Crippen LogP contribution < -0.4 is 19.5 Å². The van der Waals surface area contributed by atoms with Crippen LogP contribution in [-0.2, 0) is 11.2 Å². The Morgan fingerprint density at radius 2 is 2.04 bits per heavy atom. The molecular formula is C20H19NO5. The minimum atomic E-state index is -0.143. The van der Waals surface area contributed by atoms with Gasteiger partial charge in [0, 0.05) is 17.0 Å². The highest BCUT2D eigenvalue weighted by molar-refractivity contribution is 5.88. The normalized spacial score (nSPS) is 13.6. The summed E-state index contributed by atoms with van der Waals surface area (Å²) < 4.78 is 21.4. The number of amides is 1. The van der Waals surface area contributed by atoms with E-state index in [-0.39, 0.29) is 25.2 Å². The summed E-state index contributed by atoms with van der Waals surface area (Å²) in [6.07, 6.45) is 1.86. The van der Waals surface area contributed by atoms with Gasteiger partial charge < -0.3 is 23.9 Å². The molecule has 0 aliphatic carbocycles. The molecule has 0 radical (unpaired) electrons. The number of methoxy groups -OCH3 is 1. The lowest BCUT2D eigenvalue weighted by Crippen LogP contribution is -2.28. The number of carbonyl (C=O) groups excluding carboxylic acids is 1. The van der Waals surface area contributed by atoms with Gasteiger partial charge in [0.25, 0.3) is 0 Å². The molecule has 1 unspecified atom stereocenters. The standard InChI is InChI=1S/C20H19NO5/c1-12(13-3-6-17-19(7-13)26-11-25-17)21-20(22)8-14-10-24-18-9-15(23-2)4-5-16(14)18/h3-7,9-10,12H,8,11H2,1-2H3,(H,21,22). The van der Waals surface area contributed by atoms with Crippen molar-refractivity contribution in [2.75, 3.05) is 13.9 Å². The maximum absolute atomic E-state index is 12.5. The summed E-state index contributed by atoms with van der Waals surface area (Å²) in [5, 5.41) is 3.92. The summed E-state index contributed by atoms with van der Waals surface area (Å²) in [4.78, 5) is 12.5. The molecule has 1 atom stereocenters. The number of hydrogen-bond donors (Lipinski definition) is 1. The van der Waals surface area contributed by atoms with Gasteiger partial charge in [0.05, 0.1) is 25.8 Å². The molecule has 0 saturated carbocycles. The predicted molar refractivity (Wildman–Crippen MR) is 95.6 cm³/mol. The number of fused-ring (bicyclic) bond motifs is 2. The molecule has 0 saturated heterocycles. The van der Waals surface area contributed by atoms with Crippen LogP contribution >= 0.6 is 0 Å². The topological polar surface area (TPSA) is 69.9 Å². The first-order valence-corrected chi connectivity index (χ1v) is 8.37. The molecule has 1 aromatic heterocycles. The number of hydrogen-bond acceptors (Lipinski definition) is 5. The quantitative estimate of drug-likeness (QED) is 0.759. The average molecular weight is 353 g/mol. The van der Waals surface area contributed by atoms with Crippen molar-refractivity contribution in [3.8, 4) is 17.2 Å². The molecule has 26 heavy (non-hydrogen) atoms. The first-order valence-electron chi connectivity index (χ1n) is 8.37. The Labute approximate surface area is 150 Å². The number of nitrogens with one attached hydrogen (secondary N) is 1. The van der Waals surface area contributed by atoms with Crippen LogP contribution in [0.5, 0.6) is 17.2 Å². The highest BCUT2D eigenvalue weighted by atomic mass is 16.7. The van der Waals surface area contributed by atoms with Gasteiger partial charge in [0.15, 0.2) is 11.5 Å². The molecule has 6 heteroatoms. The van der Waals surface area contributed by atoms with E-state index in [9.17, 15) is 4.79 Å². The van der Waals surface area contributed by atoms with E-state index in [1.165, 1.54) is 0 Å². The number of carbonyl (C=O) groups is 1. The summed E-state index contributed by atoms with van der Waals surface area (Å²) >= 11 is 0. The van der Waals surface area contributed by atoms with Crippen molar-refractivity contribution in [3.63, 3.8) is 0 Å². The van der Waals surface area contributed by atoms with Crippen LogP contribution in [0.4, 0.5) is 0 Å². The van der Waals surface area contributed by atoms with Gasteiger partial charge in [0.1, 0.15) is 11.3 Å². The van der Waals surface area contributed by atoms with Crippen LogP contribution in [0, 0.1) is 0 Å². The zero-order valence-corrected chi connectivity index (χ0v) is 14.6. The Morgan fingerprint density at radius 1 is 1.19 bits per heavy atom. The Hall–Kier alpha value is -3.15. The van der Waals surface area contributed by atoms with Gasteiger partial charge in [-0.05, 0) is 36.8 Å². The van der Waals surface area contributed by atoms with Crippen molar-refractivity contribution >= 4 is 16.9 Å². The van der Waals surface area contributed by atoms with Gasteiger partial charge in [-0.3, -0.25) is 4.79 Å². The van der Waals surface area contributed by atoms with E-state index in [1.54, 1.807) is 13.4 Å². The number of furan rings is 1. The molecule has 0 bridgehead atoms. The average Bonchev–Trinajstić information content (AvgIpc) is 3.27. The van der Waals surface area contributed by atoms with E-state index in [1.807, 2.05) is 43.3 Å². The third-order valence-electron chi connectivity index (χ3n) is 4.49. The van der Waals surface area contributed by atoms with Crippen molar-refractivity contribution in [2.45, 2.75) is 19.4 Å². The third kappa shape index (κ3) is 3.06. The highest BCUT2D eigenvalue weighted by Gasteiger charge is 2.18.